The Balaban J connectivity index is 2.85. The maximum Gasteiger partial charge on any atom is 0.306 e. The molecule has 0 heterocycles. The Morgan fingerprint density at radius 1 is 1.25 bits per heavy atom. The third-order valence-electron chi connectivity index (χ3n) is 1.13. The largest absolute Gasteiger partial charge is 0.383 e. The van der Waals surface area contributed by atoms with Crippen LogP contribution in [0.2, 0.25) is 0 Å². The predicted molar refractivity (Wildman–Crippen MR) is 45.3 cm³/mol. The minimum absolute atomic E-state index is 0.270. The molecule has 1 aromatic rings. The molecule has 0 unspecified atom stereocenters. The average Bonchev–Trinajstić information content (AvgIpc) is 1.91. The topological polar surface area (TPSA) is 43.4 Å². The second-order valence-corrected chi connectivity index (χ2v) is 3.93. The fraction of sp³-hybridized carbons (Fsp3) is 0.125. The van der Waals surface area contributed by atoms with Crippen LogP contribution in [0.3, 0.4) is 0 Å². The van der Waals surface area contributed by atoms with E-state index in [9.17, 15) is 8.42 Å². The molecule has 0 aliphatic carbocycles. The van der Waals surface area contributed by atoms with Gasteiger partial charge in [0.2, 0.25) is 0 Å². The molecule has 0 aromatic heterocycles. The van der Waals surface area contributed by atoms with Gasteiger partial charge in [-0.3, -0.25) is 0 Å². The van der Waals surface area contributed by atoms with Crippen molar-refractivity contribution in [3.63, 3.8) is 0 Å². The van der Waals surface area contributed by atoms with Crippen molar-refractivity contribution in [3.05, 3.63) is 36.8 Å². The first-order valence-electron chi connectivity index (χ1n) is 3.22. The summed E-state index contributed by atoms with van der Waals surface area (Å²) in [5.41, 5.74) is 0.566. The van der Waals surface area contributed by atoms with Crippen molar-refractivity contribution in [1.82, 2.24) is 0 Å². The van der Waals surface area contributed by atoms with Crippen LogP contribution in [0, 0.1) is 6.92 Å². The normalized spacial score (nSPS) is 11.2. The summed E-state index contributed by atoms with van der Waals surface area (Å²) in [5, 5.41) is 0. The van der Waals surface area contributed by atoms with Gasteiger partial charge in [-0.25, -0.2) is 0 Å². The molecule has 0 saturated heterocycles. The van der Waals surface area contributed by atoms with Crippen LogP contribution in [0.4, 0.5) is 0 Å². The Morgan fingerprint density at radius 2 is 1.75 bits per heavy atom. The average molecular weight is 184 g/mol. The Bertz CT molecular complexity index is 350. The summed E-state index contributed by atoms with van der Waals surface area (Å²) >= 11 is 0. The molecule has 1 rings (SSSR count). The van der Waals surface area contributed by atoms with Gasteiger partial charge in [-0.15, -0.1) is 0 Å². The molecule has 0 amide bonds. The van der Waals surface area contributed by atoms with Gasteiger partial charge >= 0.3 is 10.1 Å². The lowest BCUT2D eigenvalue weighted by molar-refractivity contribution is 0.493. The highest BCUT2D eigenvalue weighted by molar-refractivity contribution is 7.86. The quantitative estimate of drug-likeness (QED) is 0.646. The number of benzene rings is 1. The minimum Gasteiger partial charge on any atom is -0.383 e. The van der Waals surface area contributed by atoms with Crippen molar-refractivity contribution < 1.29 is 12.6 Å². The van der Waals surface area contributed by atoms with Crippen LogP contribution in [0.25, 0.3) is 0 Å². The SMILES string of the molecule is [CH]c1ccc(OS(C)(=O)=O)cc1. The third kappa shape index (κ3) is 2.92. The molecule has 4 heteroatoms. The molecule has 0 fully saturated rings. The van der Waals surface area contributed by atoms with E-state index in [0.29, 0.717) is 5.56 Å². The Kier molecular flexibility index (Phi) is 2.38. The van der Waals surface area contributed by atoms with Gasteiger partial charge in [-0.2, -0.15) is 8.42 Å². The van der Waals surface area contributed by atoms with Crippen LogP contribution in [-0.4, -0.2) is 14.7 Å². The smallest absolute Gasteiger partial charge is 0.306 e. The van der Waals surface area contributed by atoms with Crippen LogP contribution in [-0.2, 0) is 10.1 Å². The van der Waals surface area contributed by atoms with Crippen LogP contribution < -0.4 is 4.18 Å². The lowest BCUT2D eigenvalue weighted by Crippen LogP contribution is -2.05. The highest BCUT2D eigenvalue weighted by atomic mass is 32.2. The van der Waals surface area contributed by atoms with E-state index < -0.39 is 10.1 Å². The second kappa shape index (κ2) is 3.15. The Hall–Kier alpha value is -1.03. The van der Waals surface area contributed by atoms with E-state index in [1.807, 2.05) is 0 Å². The summed E-state index contributed by atoms with van der Waals surface area (Å²) in [6, 6.07) is 6.13. The first-order chi connectivity index (χ1) is 5.47. The van der Waals surface area contributed by atoms with Crippen molar-refractivity contribution in [1.29, 1.82) is 0 Å². The molecule has 64 valence electrons. The number of rotatable bonds is 2. The van der Waals surface area contributed by atoms with Gasteiger partial charge < -0.3 is 4.18 Å². The zero-order valence-corrected chi connectivity index (χ0v) is 7.34. The van der Waals surface area contributed by atoms with E-state index >= 15 is 0 Å². The molecule has 0 spiro atoms. The summed E-state index contributed by atoms with van der Waals surface area (Å²) in [4.78, 5) is 0. The summed E-state index contributed by atoms with van der Waals surface area (Å²) in [6.45, 7) is 5.39. The summed E-state index contributed by atoms with van der Waals surface area (Å²) in [5.74, 6) is 0.270. The molecule has 0 aliphatic rings. The van der Waals surface area contributed by atoms with Gasteiger partial charge in [0.1, 0.15) is 5.75 Å². The molecular weight excluding hydrogens is 176 g/mol. The van der Waals surface area contributed by atoms with E-state index in [-0.39, 0.29) is 5.75 Å². The van der Waals surface area contributed by atoms with E-state index in [4.69, 9.17) is 6.92 Å². The molecule has 0 saturated carbocycles. The maximum absolute atomic E-state index is 10.6. The van der Waals surface area contributed by atoms with Crippen LogP contribution >= 0.6 is 0 Å². The highest BCUT2D eigenvalue weighted by Gasteiger charge is 2.02. The highest BCUT2D eigenvalue weighted by Crippen LogP contribution is 2.12. The number of hydrogen-bond donors (Lipinski definition) is 0. The monoisotopic (exact) mass is 184 g/mol. The first kappa shape index (κ1) is 9.06. The van der Waals surface area contributed by atoms with E-state index in [0.717, 1.165) is 6.26 Å². The van der Waals surface area contributed by atoms with Gasteiger partial charge in [0, 0.05) is 0 Å². The second-order valence-electron chi connectivity index (χ2n) is 2.36. The lowest BCUT2D eigenvalue weighted by Gasteiger charge is -2.01. The standard InChI is InChI=1S/C8H8O3S/c1-7-3-5-8(6-4-7)11-12(2,9)10/h1,3-6H,2H3. The van der Waals surface area contributed by atoms with Crippen molar-refractivity contribution >= 4 is 10.1 Å². The van der Waals surface area contributed by atoms with Crippen molar-refractivity contribution in [2.75, 3.05) is 6.26 Å². The lowest BCUT2D eigenvalue weighted by atomic mass is 10.2. The van der Waals surface area contributed by atoms with Crippen molar-refractivity contribution in [2.45, 2.75) is 0 Å². The predicted octanol–water partition coefficient (Wildman–Crippen LogP) is 1.08. The van der Waals surface area contributed by atoms with Gasteiger partial charge in [0.25, 0.3) is 0 Å². The Morgan fingerprint density at radius 3 is 2.17 bits per heavy atom. The molecule has 12 heavy (non-hydrogen) atoms. The molecule has 0 atom stereocenters. The molecule has 0 bridgehead atoms. The Labute approximate surface area is 72.1 Å². The maximum atomic E-state index is 10.6. The van der Waals surface area contributed by atoms with Crippen LogP contribution in [0.5, 0.6) is 5.75 Å². The summed E-state index contributed by atoms with van der Waals surface area (Å²) < 4.78 is 25.8. The van der Waals surface area contributed by atoms with Gasteiger partial charge in [-0.05, 0) is 24.6 Å². The van der Waals surface area contributed by atoms with Crippen LogP contribution in [0.15, 0.2) is 24.3 Å². The van der Waals surface area contributed by atoms with Crippen molar-refractivity contribution in [2.24, 2.45) is 0 Å². The van der Waals surface area contributed by atoms with E-state index in [1.54, 1.807) is 12.1 Å². The van der Waals surface area contributed by atoms with Gasteiger partial charge in [0.05, 0.1) is 6.26 Å². The fourth-order valence-corrected chi connectivity index (χ4v) is 1.16. The zero-order valence-electron chi connectivity index (χ0n) is 6.52. The van der Waals surface area contributed by atoms with E-state index in [2.05, 4.69) is 4.18 Å². The minimum atomic E-state index is -3.43. The molecule has 0 aliphatic heterocycles. The summed E-state index contributed by atoms with van der Waals surface area (Å²) in [7, 11) is -3.43. The van der Waals surface area contributed by atoms with Crippen LogP contribution in [0.1, 0.15) is 5.56 Å². The molecule has 0 N–H and O–H groups in total. The molecule has 1 aromatic carbocycles. The fourth-order valence-electron chi connectivity index (χ4n) is 0.698. The number of hydrogen-bond acceptors (Lipinski definition) is 3. The van der Waals surface area contributed by atoms with Gasteiger partial charge in [-0.1, -0.05) is 12.1 Å². The zero-order chi connectivity index (χ0) is 9.19. The summed E-state index contributed by atoms with van der Waals surface area (Å²) in [6.07, 6.45) is 0.989. The van der Waals surface area contributed by atoms with E-state index in [1.165, 1.54) is 12.1 Å². The molecule has 3 nitrogen and oxygen atoms in total. The third-order valence-corrected chi connectivity index (χ3v) is 1.62. The first-order valence-corrected chi connectivity index (χ1v) is 5.04. The molecular formula is C8H8O3S. The molecule has 2 radical (unpaired) electrons. The van der Waals surface area contributed by atoms with Gasteiger partial charge in [0.15, 0.2) is 0 Å². The van der Waals surface area contributed by atoms with Crippen molar-refractivity contribution in [3.8, 4) is 5.75 Å².